The molecule has 3 heterocycles. The van der Waals surface area contributed by atoms with E-state index in [0.717, 1.165) is 34.9 Å². The topological polar surface area (TPSA) is 43.8 Å². The van der Waals surface area contributed by atoms with Crippen molar-refractivity contribution in [2.75, 3.05) is 19.6 Å². The summed E-state index contributed by atoms with van der Waals surface area (Å²) in [5.74, 6) is 0. The molecule has 6 heteroatoms. The van der Waals surface area contributed by atoms with E-state index in [1.165, 1.54) is 5.56 Å². The Labute approximate surface area is 135 Å². The van der Waals surface area contributed by atoms with Gasteiger partial charge < -0.3 is 10.0 Å². The summed E-state index contributed by atoms with van der Waals surface area (Å²) >= 11 is 7.08. The minimum atomic E-state index is -0.794. The fourth-order valence-corrected chi connectivity index (χ4v) is 4.57. The van der Waals surface area contributed by atoms with E-state index >= 15 is 0 Å². The third-order valence-corrected chi connectivity index (χ3v) is 5.50. The molecule has 1 aromatic rings. The molecule has 2 bridgehead atoms. The van der Waals surface area contributed by atoms with E-state index in [4.69, 9.17) is 0 Å². The lowest BCUT2D eigenvalue weighted by molar-refractivity contribution is 0.123. The van der Waals surface area contributed by atoms with Crippen LogP contribution in [0.5, 0.6) is 0 Å². The maximum atomic E-state index is 11.5. The van der Waals surface area contributed by atoms with Gasteiger partial charge in [0.05, 0.1) is 6.04 Å². The summed E-state index contributed by atoms with van der Waals surface area (Å²) in [5, 5.41) is 9.45. The van der Waals surface area contributed by atoms with E-state index in [1.54, 1.807) is 4.90 Å². The highest BCUT2D eigenvalue weighted by molar-refractivity contribution is 9.11. The molecule has 0 aromatic heterocycles. The first-order valence-corrected chi connectivity index (χ1v) is 8.33. The lowest BCUT2D eigenvalue weighted by Crippen LogP contribution is -2.40. The number of nitrogens with zero attached hydrogens (tertiary/aromatic N) is 2. The fraction of sp³-hybridized carbons (Fsp3) is 0.500. The van der Waals surface area contributed by atoms with Crippen LogP contribution in [0.25, 0.3) is 0 Å². The Hall–Kier alpha value is -0.590. The minimum Gasteiger partial charge on any atom is -0.465 e. The molecule has 20 heavy (non-hydrogen) atoms. The van der Waals surface area contributed by atoms with Crippen LogP contribution in [-0.2, 0) is 0 Å². The average Bonchev–Trinajstić information content (AvgIpc) is 2.69. The summed E-state index contributed by atoms with van der Waals surface area (Å²) in [6.07, 6.45) is 1.09. The third-order valence-electron chi connectivity index (χ3n) is 4.32. The predicted octanol–water partition coefficient (Wildman–Crippen LogP) is 3.71. The van der Waals surface area contributed by atoms with E-state index in [0.29, 0.717) is 6.54 Å². The number of hydrogen-bond donors (Lipinski definition) is 1. The number of carboxylic acid groups (broad SMARTS) is 1. The Morgan fingerprint density at radius 3 is 2.55 bits per heavy atom. The van der Waals surface area contributed by atoms with Gasteiger partial charge in [0.25, 0.3) is 0 Å². The zero-order valence-electron chi connectivity index (χ0n) is 10.9. The second-order valence-electron chi connectivity index (χ2n) is 5.38. The van der Waals surface area contributed by atoms with Crippen molar-refractivity contribution in [3.05, 3.63) is 32.7 Å². The largest absolute Gasteiger partial charge is 0.465 e. The van der Waals surface area contributed by atoms with Gasteiger partial charge in [0, 0.05) is 34.6 Å². The van der Waals surface area contributed by atoms with Gasteiger partial charge in [-0.3, -0.25) is 4.90 Å². The summed E-state index contributed by atoms with van der Waals surface area (Å²) in [6, 6.07) is 6.45. The zero-order valence-corrected chi connectivity index (χ0v) is 14.1. The van der Waals surface area contributed by atoms with Gasteiger partial charge in [-0.05, 0) is 30.5 Å². The van der Waals surface area contributed by atoms with Crippen molar-refractivity contribution in [3.63, 3.8) is 0 Å². The number of hydrogen-bond acceptors (Lipinski definition) is 2. The van der Waals surface area contributed by atoms with Crippen LogP contribution >= 0.6 is 31.9 Å². The molecule has 0 radical (unpaired) electrons. The number of rotatable bonds is 1. The highest BCUT2D eigenvalue weighted by Crippen LogP contribution is 2.36. The first-order chi connectivity index (χ1) is 9.56. The van der Waals surface area contributed by atoms with Crippen molar-refractivity contribution in [1.29, 1.82) is 0 Å². The monoisotopic (exact) mass is 402 g/mol. The Morgan fingerprint density at radius 2 is 1.95 bits per heavy atom. The van der Waals surface area contributed by atoms with Gasteiger partial charge in [-0.25, -0.2) is 4.79 Å². The van der Waals surface area contributed by atoms with E-state index in [-0.39, 0.29) is 12.1 Å². The SMILES string of the molecule is O=C(O)N1CC(c2ccc(Br)cc2Br)N2CCC1CC2. The highest BCUT2D eigenvalue weighted by atomic mass is 79.9. The van der Waals surface area contributed by atoms with Crippen LogP contribution in [0.1, 0.15) is 24.4 Å². The maximum Gasteiger partial charge on any atom is 0.407 e. The van der Waals surface area contributed by atoms with Crippen LogP contribution in [0.2, 0.25) is 0 Å². The van der Waals surface area contributed by atoms with Gasteiger partial charge in [-0.1, -0.05) is 37.9 Å². The van der Waals surface area contributed by atoms with Gasteiger partial charge in [-0.2, -0.15) is 0 Å². The van der Waals surface area contributed by atoms with E-state index < -0.39 is 6.09 Å². The molecule has 0 spiro atoms. The molecule has 3 aliphatic heterocycles. The normalized spacial score (nSPS) is 29.3. The lowest BCUT2D eigenvalue weighted by atomic mass is 10.0. The van der Waals surface area contributed by atoms with Gasteiger partial charge >= 0.3 is 6.09 Å². The molecule has 1 unspecified atom stereocenters. The number of benzene rings is 1. The van der Waals surface area contributed by atoms with Crippen molar-refractivity contribution in [1.82, 2.24) is 9.80 Å². The molecule has 1 atom stereocenters. The molecular weight excluding hydrogens is 388 g/mol. The lowest BCUT2D eigenvalue weighted by Gasteiger charge is -2.31. The molecule has 3 fully saturated rings. The molecule has 4 rings (SSSR count). The van der Waals surface area contributed by atoms with E-state index in [9.17, 15) is 9.90 Å². The van der Waals surface area contributed by atoms with Crippen molar-refractivity contribution >= 4 is 38.0 Å². The van der Waals surface area contributed by atoms with Gasteiger partial charge in [0.2, 0.25) is 0 Å². The Bertz CT molecular complexity index is 530. The van der Waals surface area contributed by atoms with Crippen LogP contribution in [0.3, 0.4) is 0 Å². The number of piperidine rings is 1. The molecule has 108 valence electrons. The molecule has 1 aromatic carbocycles. The van der Waals surface area contributed by atoms with Crippen LogP contribution in [0.15, 0.2) is 27.1 Å². The van der Waals surface area contributed by atoms with E-state index in [2.05, 4.69) is 42.8 Å². The van der Waals surface area contributed by atoms with Gasteiger partial charge in [0.1, 0.15) is 0 Å². The van der Waals surface area contributed by atoms with Crippen molar-refractivity contribution in [3.8, 4) is 0 Å². The Balaban J connectivity index is 1.96. The first kappa shape index (κ1) is 14.4. The smallest absolute Gasteiger partial charge is 0.407 e. The molecule has 4 nitrogen and oxygen atoms in total. The number of carbonyl (C=O) groups is 1. The number of fused-ring (bicyclic) bond motifs is 4. The van der Waals surface area contributed by atoms with Crippen molar-refractivity contribution in [2.24, 2.45) is 0 Å². The summed E-state index contributed by atoms with van der Waals surface area (Å²) < 4.78 is 2.06. The Morgan fingerprint density at radius 1 is 1.25 bits per heavy atom. The quantitative estimate of drug-likeness (QED) is 0.777. The van der Waals surface area contributed by atoms with Crippen LogP contribution < -0.4 is 0 Å². The summed E-state index contributed by atoms with van der Waals surface area (Å²) in [4.78, 5) is 15.5. The van der Waals surface area contributed by atoms with Crippen molar-refractivity contribution < 1.29 is 9.90 Å². The summed E-state index contributed by atoms with van der Waals surface area (Å²) in [7, 11) is 0. The van der Waals surface area contributed by atoms with Crippen LogP contribution in [0, 0.1) is 0 Å². The maximum absolute atomic E-state index is 11.5. The minimum absolute atomic E-state index is 0.140. The predicted molar refractivity (Wildman–Crippen MR) is 83.9 cm³/mol. The van der Waals surface area contributed by atoms with Crippen LogP contribution in [-0.4, -0.2) is 46.7 Å². The molecule has 1 N–H and O–H groups in total. The zero-order chi connectivity index (χ0) is 14.3. The first-order valence-electron chi connectivity index (χ1n) is 6.75. The average molecular weight is 404 g/mol. The standard InChI is InChI=1S/C14H16Br2N2O2/c15-9-1-2-11(12(16)7-9)13-8-18(14(19)20)10-3-5-17(13)6-4-10/h1-2,7,10,13H,3-6,8H2,(H,19,20). The van der Waals surface area contributed by atoms with Crippen molar-refractivity contribution in [2.45, 2.75) is 24.9 Å². The highest BCUT2D eigenvalue weighted by Gasteiger charge is 2.38. The molecule has 1 amide bonds. The fourth-order valence-electron chi connectivity index (χ4n) is 3.26. The summed E-state index contributed by atoms with van der Waals surface area (Å²) in [6.45, 7) is 2.50. The second-order valence-corrected chi connectivity index (χ2v) is 7.15. The van der Waals surface area contributed by atoms with Gasteiger partial charge in [-0.15, -0.1) is 0 Å². The third kappa shape index (κ3) is 2.61. The van der Waals surface area contributed by atoms with Gasteiger partial charge in [0.15, 0.2) is 0 Å². The summed E-state index contributed by atoms with van der Waals surface area (Å²) in [5.41, 5.74) is 1.17. The second kappa shape index (κ2) is 5.66. The molecular formula is C14H16Br2N2O2. The Kier molecular flexibility index (Phi) is 4.06. The van der Waals surface area contributed by atoms with Crippen LogP contribution in [0.4, 0.5) is 4.79 Å². The molecule has 0 aliphatic carbocycles. The number of halogens is 2. The molecule has 0 saturated carbocycles. The van der Waals surface area contributed by atoms with E-state index in [1.807, 2.05) is 12.1 Å². The molecule has 3 aliphatic rings. The molecule has 3 saturated heterocycles. The number of amides is 1.